The van der Waals surface area contributed by atoms with Gasteiger partial charge in [-0.1, -0.05) is 0 Å². The van der Waals surface area contributed by atoms with Crippen molar-refractivity contribution in [3.05, 3.63) is 0 Å². The van der Waals surface area contributed by atoms with E-state index in [1.165, 1.54) is 6.42 Å². The molecule has 0 radical (unpaired) electrons. The molecule has 0 aliphatic heterocycles. The SMILES string of the molecule is NC(=O)NN=C1CC2C3CC(=NNC(N)=O)C4C3CC2C14. The number of primary amides is 2. The van der Waals surface area contributed by atoms with E-state index in [0.717, 1.165) is 24.3 Å². The molecule has 6 unspecified atom stereocenters. The summed E-state index contributed by atoms with van der Waals surface area (Å²) in [6.45, 7) is 0. The van der Waals surface area contributed by atoms with Crippen LogP contribution in [-0.2, 0) is 0 Å². The first kappa shape index (κ1) is 12.6. The third-order valence-corrected chi connectivity index (χ3v) is 5.78. The highest BCUT2D eigenvalue weighted by atomic mass is 16.2. The van der Waals surface area contributed by atoms with Crippen molar-refractivity contribution in [3.63, 3.8) is 0 Å². The molecule has 0 spiro atoms. The Morgan fingerprint density at radius 3 is 1.67 bits per heavy atom. The van der Waals surface area contributed by atoms with Gasteiger partial charge in [0.2, 0.25) is 0 Å². The highest BCUT2D eigenvalue weighted by Gasteiger charge is 2.67. The quantitative estimate of drug-likeness (QED) is 0.531. The zero-order valence-electron chi connectivity index (χ0n) is 11.5. The number of amides is 4. The lowest BCUT2D eigenvalue weighted by molar-refractivity contribution is 0.241. The molecule has 4 amide bonds. The fourth-order valence-corrected chi connectivity index (χ4v) is 5.42. The van der Waals surface area contributed by atoms with Crippen LogP contribution < -0.4 is 22.3 Å². The standard InChI is InChI=1S/C13H18N6O2/c14-12(20)18-16-8-2-4-5-3-9(17-19-13(15)21)11-7(5)1-6(4)10(8)11/h4-7,10-11H,1-3H2,(H3,14,18,20)(H3,15,19,21). The van der Waals surface area contributed by atoms with E-state index >= 15 is 0 Å². The molecule has 2 bridgehead atoms. The Morgan fingerprint density at radius 2 is 1.29 bits per heavy atom. The molecule has 4 saturated carbocycles. The van der Waals surface area contributed by atoms with E-state index in [2.05, 4.69) is 21.1 Å². The first-order chi connectivity index (χ1) is 10.1. The van der Waals surface area contributed by atoms with Crippen molar-refractivity contribution in [1.82, 2.24) is 10.9 Å². The molecule has 4 aliphatic rings. The molecule has 21 heavy (non-hydrogen) atoms. The molecule has 0 aromatic carbocycles. The van der Waals surface area contributed by atoms with Gasteiger partial charge >= 0.3 is 12.1 Å². The van der Waals surface area contributed by atoms with Crippen LogP contribution in [0.25, 0.3) is 0 Å². The number of carbonyl (C=O) groups is 2. The Labute approximate surface area is 121 Å². The second-order valence-corrected chi connectivity index (χ2v) is 6.51. The monoisotopic (exact) mass is 290 g/mol. The highest BCUT2D eigenvalue weighted by Crippen LogP contribution is 2.68. The minimum Gasteiger partial charge on any atom is -0.350 e. The molecule has 4 fully saturated rings. The molecule has 6 N–H and O–H groups in total. The Kier molecular flexibility index (Phi) is 2.51. The third kappa shape index (κ3) is 1.68. The van der Waals surface area contributed by atoms with E-state index in [4.69, 9.17) is 11.5 Å². The number of rotatable bonds is 2. The zero-order chi connectivity index (χ0) is 14.7. The highest BCUT2D eigenvalue weighted by molar-refractivity contribution is 6.01. The van der Waals surface area contributed by atoms with Crippen LogP contribution in [0.5, 0.6) is 0 Å². The maximum atomic E-state index is 10.9. The average molecular weight is 290 g/mol. The zero-order valence-corrected chi connectivity index (χ0v) is 11.5. The van der Waals surface area contributed by atoms with Gasteiger partial charge in [-0.05, 0) is 42.9 Å². The molecule has 0 aromatic rings. The van der Waals surface area contributed by atoms with Crippen LogP contribution in [0.3, 0.4) is 0 Å². The second kappa shape index (κ2) is 4.19. The minimum atomic E-state index is -0.634. The van der Waals surface area contributed by atoms with Crippen molar-refractivity contribution in [1.29, 1.82) is 0 Å². The van der Waals surface area contributed by atoms with Crippen molar-refractivity contribution >= 4 is 23.5 Å². The summed E-state index contributed by atoms with van der Waals surface area (Å²) in [7, 11) is 0. The van der Waals surface area contributed by atoms with Gasteiger partial charge in [-0.15, -0.1) is 0 Å². The van der Waals surface area contributed by atoms with Crippen molar-refractivity contribution in [2.75, 3.05) is 0 Å². The van der Waals surface area contributed by atoms with Crippen LogP contribution in [0.15, 0.2) is 10.2 Å². The molecule has 8 nitrogen and oxygen atoms in total. The van der Waals surface area contributed by atoms with Crippen molar-refractivity contribution in [2.45, 2.75) is 19.3 Å². The largest absolute Gasteiger partial charge is 0.350 e. The smallest absolute Gasteiger partial charge is 0.332 e. The van der Waals surface area contributed by atoms with Crippen molar-refractivity contribution in [3.8, 4) is 0 Å². The number of carbonyl (C=O) groups excluding carboxylic acids is 2. The Hall–Kier alpha value is -2.12. The molecule has 0 saturated heterocycles. The van der Waals surface area contributed by atoms with E-state index in [1.54, 1.807) is 0 Å². The fraction of sp³-hybridized carbons (Fsp3) is 0.692. The van der Waals surface area contributed by atoms with E-state index in [-0.39, 0.29) is 0 Å². The Morgan fingerprint density at radius 1 is 0.857 bits per heavy atom. The van der Waals surface area contributed by atoms with Gasteiger partial charge < -0.3 is 11.5 Å². The molecule has 6 atom stereocenters. The van der Waals surface area contributed by atoms with Gasteiger partial charge in [-0.2, -0.15) is 10.2 Å². The first-order valence-electron chi connectivity index (χ1n) is 7.30. The van der Waals surface area contributed by atoms with Gasteiger partial charge in [0.1, 0.15) is 0 Å². The first-order valence-corrected chi connectivity index (χ1v) is 7.30. The van der Waals surface area contributed by atoms with Gasteiger partial charge in [0.25, 0.3) is 0 Å². The lowest BCUT2D eigenvalue weighted by Crippen LogP contribution is -2.32. The Balaban J connectivity index is 1.63. The predicted molar refractivity (Wildman–Crippen MR) is 75.1 cm³/mol. The molecular formula is C13H18N6O2. The summed E-state index contributed by atoms with van der Waals surface area (Å²) in [5, 5.41) is 8.43. The van der Waals surface area contributed by atoms with Gasteiger partial charge in [0, 0.05) is 23.3 Å². The summed E-state index contributed by atoms with van der Waals surface area (Å²) in [4.78, 5) is 21.7. The molecule has 0 aromatic heterocycles. The van der Waals surface area contributed by atoms with Gasteiger partial charge in [-0.3, -0.25) is 0 Å². The number of nitrogens with one attached hydrogen (secondary N) is 2. The normalized spacial score (nSPS) is 45.5. The predicted octanol–water partition coefficient (Wildman–Crippen LogP) is -0.0431. The van der Waals surface area contributed by atoms with Crippen molar-refractivity contribution < 1.29 is 9.59 Å². The van der Waals surface area contributed by atoms with E-state index in [1.807, 2.05) is 0 Å². The summed E-state index contributed by atoms with van der Waals surface area (Å²) in [6, 6.07) is -1.27. The number of nitrogens with zero attached hydrogens (tertiary/aromatic N) is 2. The summed E-state index contributed by atoms with van der Waals surface area (Å²) >= 11 is 0. The minimum absolute atomic E-state index is 0.332. The van der Waals surface area contributed by atoms with E-state index in [9.17, 15) is 9.59 Å². The van der Waals surface area contributed by atoms with E-state index in [0.29, 0.717) is 35.5 Å². The number of hydrazone groups is 2. The summed E-state index contributed by atoms with van der Waals surface area (Å²) in [6.07, 6.45) is 3.10. The lowest BCUT2D eigenvalue weighted by Gasteiger charge is -2.24. The third-order valence-electron chi connectivity index (χ3n) is 5.78. The summed E-state index contributed by atoms with van der Waals surface area (Å²) < 4.78 is 0. The molecule has 8 heteroatoms. The number of hydrogen-bond acceptors (Lipinski definition) is 4. The summed E-state index contributed by atoms with van der Waals surface area (Å²) in [5.41, 5.74) is 17.0. The average Bonchev–Trinajstić information content (AvgIpc) is 3.03. The topological polar surface area (TPSA) is 135 Å². The Bertz CT molecular complexity index is 531. The van der Waals surface area contributed by atoms with Crippen LogP contribution in [0.2, 0.25) is 0 Å². The number of hydrogen-bond donors (Lipinski definition) is 4. The van der Waals surface area contributed by atoms with Crippen LogP contribution in [0.1, 0.15) is 19.3 Å². The van der Waals surface area contributed by atoms with Gasteiger partial charge in [-0.25, -0.2) is 20.4 Å². The van der Waals surface area contributed by atoms with Crippen LogP contribution in [-0.4, -0.2) is 23.5 Å². The maximum absolute atomic E-state index is 10.9. The molecule has 112 valence electrons. The van der Waals surface area contributed by atoms with Gasteiger partial charge in [0.15, 0.2) is 0 Å². The lowest BCUT2D eigenvalue weighted by atomic mass is 9.79. The van der Waals surface area contributed by atoms with Crippen LogP contribution in [0, 0.1) is 35.5 Å². The second-order valence-electron chi connectivity index (χ2n) is 6.51. The molecule has 0 heterocycles. The molecule has 4 rings (SSSR count). The fourth-order valence-electron chi connectivity index (χ4n) is 5.42. The number of urea groups is 2. The van der Waals surface area contributed by atoms with Crippen molar-refractivity contribution in [2.24, 2.45) is 57.2 Å². The maximum Gasteiger partial charge on any atom is 0.332 e. The molecule has 4 aliphatic carbocycles. The van der Waals surface area contributed by atoms with Crippen LogP contribution in [0.4, 0.5) is 9.59 Å². The summed E-state index contributed by atoms with van der Waals surface area (Å²) in [5.74, 6) is 3.20. The number of fused-ring (bicyclic) bond motifs is 2. The number of nitrogens with two attached hydrogens (primary N) is 2. The van der Waals surface area contributed by atoms with Gasteiger partial charge in [0.05, 0.1) is 0 Å². The van der Waals surface area contributed by atoms with Crippen LogP contribution >= 0.6 is 0 Å². The van der Waals surface area contributed by atoms with E-state index < -0.39 is 12.1 Å². The molecular weight excluding hydrogens is 272 g/mol.